The summed E-state index contributed by atoms with van der Waals surface area (Å²) >= 11 is 0. The fourth-order valence-electron chi connectivity index (χ4n) is 7.02. The summed E-state index contributed by atoms with van der Waals surface area (Å²) in [6, 6.07) is -0.193. The van der Waals surface area contributed by atoms with Crippen molar-refractivity contribution in [3.8, 4) is 0 Å². The second-order valence-corrected chi connectivity index (χ2v) is 15.6. The fourth-order valence-corrected chi connectivity index (χ4v) is 7.02. The Hall–Kier alpha value is -3.38. The van der Waals surface area contributed by atoms with Gasteiger partial charge in [-0.25, -0.2) is 0 Å². The van der Waals surface area contributed by atoms with Gasteiger partial charge >= 0.3 is 17.9 Å². The smallest absolute Gasteiger partial charge is 0.317 e. The van der Waals surface area contributed by atoms with Crippen LogP contribution in [0.15, 0.2) is 0 Å². The van der Waals surface area contributed by atoms with Gasteiger partial charge in [0.05, 0.1) is 38.3 Å². The molecule has 17 heteroatoms. The van der Waals surface area contributed by atoms with Crippen molar-refractivity contribution in [3.05, 3.63) is 0 Å². The zero-order valence-electron chi connectivity index (χ0n) is 32.7. The maximum atomic E-state index is 13.4. The van der Waals surface area contributed by atoms with Gasteiger partial charge in [0.25, 0.3) is 0 Å². The number of carboxylic acid groups (broad SMARTS) is 3. The van der Waals surface area contributed by atoms with E-state index in [1.54, 1.807) is 26.6 Å². The molecule has 2 rings (SSSR count). The summed E-state index contributed by atoms with van der Waals surface area (Å²) < 4.78 is 5.97. The van der Waals surface area contributed by atoms with Crippen LogP contribution >= 0.6 is 0 Å². The van der Waals surface area contributed by atoms with Gasteiger partial charge in [0.2, 0.25) is 17.7 Å². The van der Waals surface area contributed by atoms with Crippen LogP contribution < -0.4 is 10.6 Å². The zero-order valence-corrected chi connectivity index (χ0v) is 32.7. The van der Waals surface area contributed by atoms with Crippen LogP contribution in [0.5, 0.6) is 0 Å². The molecule has 0 saturated carbocycles. The van der Waals surface area contributed by atoms with Crippen molar-refractivity contribution in [2.45, 2.75) is 90.3 Å². The summed E-state index contributed by atoms with van der Waals surface area (Å²) in [5, 5.41) is 34.4. The lowest BCUT2D eigenvalue weighted by Crippen LogP contribution is -2.59. The molecule has 5 N–H and O–H groups in total. The lowest BCUT2D eigenvalue weighted by Gasteiger charge is -2.44. The van der Waals surface area contributed by atoms with Crippen molar-refractivity contribution >= 4 is 35.6 Å². The summed E-state index contributed by atoms with van der Waals surface area (Å²) in [4.78, 5) is 82.8. The fraction of sp³-hybridized carbons (Fsp3) is 0.833. The molecule has 304 valence electrons. The molecule has 0 radical (unpaired) electrons. The Balaban J connectivity index is 2.05. The predicted octanol–water partition coefficient (Wildman–Crippen LogP) is 0.0853. The number of rotatable bonds is 24. The number of unbranched alkanes of at least 4 members (excludes halogenated alkanes) is 1. The molecule has 0 aromatic heterocycles. The quantitative estimate of drug-likeness (QED) is 0.0827. The van der Waals surface area contributed by atoms with Gasteiger partial charge in [0.1, 0.15) is 0 Å². The van der Waals surface area contributed by atoms with Crippen LogP contribution in [0, 0.1) is 5.92 Å². The maximum Gasteiger partial charge on any atom is 0.317 e. The SMILES string of the molecule is CCNC(=O)CN(CC(=O)NCC(C)(C)OCCC(C)C)C1CCN(C(=O)CCCCC2(N(C)CC(=O)O)CN(CC(=O)O)CCN(CC(=O)O)C2)C1. The first-order valence-corrected chi connectivity index (χ1v) is 18.8. The van der Waals surface area contributed by atoms with Crippen LogP contribution in [0.25, 0.3) is 0 Å². The standard InChI is InChI=1S/C36H65N7O10/c1-7-37-29(44)19-43(20-30(45)38-24-35(4,5)53-17-12-27(2)3)28-11-14-42(18-28)31(46)10-8-9-13-36(39(6)21-32(47)48)25-40(22-33(49)50)15-16-41(26-36)23-34(51)52/h27-28H,7-26H2,1-6H3,(H,37,44)(H,38,45)(H,47,48)(H,49,50)(H,51,52). The van der Waals surface area contributed by atoms with E-state index in [0.717, 1.165) is 6.42 Å². The van der Waals surface area contributed by atoms with Gasteiger partial charge in [0, 0.05) is 77.0 Å². The lowest BCUT2D eigenvalue weighted by molar-refractivity contribution is -0.142. The molecule has 2 heterocycles. The van der Waals surface area contributed by atoms with E-state index in [0.29, 0.717) is 77.5 Å². The summed E-state index contributed by atoms with van der Waals surface area (Å²) in [5.74, 6) is -3.11. The molecule has 0 bridgehead atoms. The molecule has 0 aliphatic carbocycles. The van der Waals surface area contributed by atoms with Gasteiger partial charge in [-0.15, -0.1) is 0 Å². The molecular weight excluding hydrogens is 690 g/mol. The second-order valence-electron chi connectivity index (χ2n) is 15.6. The molecule has 1 atom stereocenters. The van der Waals surface area contributed by atoms with Gasteiger partial charge in [-0.2, -0.15) is 0 Å². The first-order valence-electron chi connectivity index (χ1n) is 18.8. The number of hydrogen-bond donors (Lipinski definition) is 5. The Morgan fingerprint density at radius 1 is 0.868 bits per heavy atom. The molecule has 2 saturated heterocycles. The first-order chi connectivity index (χ1) is 24.8. The highest BCUT2D eigenvalue weighted by Gasteiger charge is 2.41. The van der Waals surface area contributed by atoms with Crippen molar-refractivity contribution in [2.24, 2.45) is 5.92 Å². The van der Waals surface area contributed by atoms with E-state index in [1.165, 1.54) is 0 Å². The minimum Gasteiger partial charge on any atom is -0.480 e. The predicted molar refractivity (Wildman–Crippen MR) is 197 cm³/mol. The van der Waals surface area contributed by atoms with E-state index in [2.05, 4.69) is 24.5 Å². The Morgan fingerprint density at radius 2 is 1.45 bits per heavy atom. The van der Waals surface area contributed by atoms with E-state index < -0.39 is 29.0 Å². The third kappa shape index (κ3) is 17.1. The number of aliphatic carboxylic acids is 3. The molecule has 53 heavy (non-hydrogen) atoms. The third-order valence-electron chi connectivity index (χ3n) is 9.95. The highest BCUT2D eigenvalue weighted by Crippen LogP contribution is 2.28. The lowest BCUT2D eigenvalue weighted by atomic mass is 9.88. The van der Waals surface area contributed by atoms with E-state index in [9.17, 15) is 44.1 Å². The van der Waals surface area contributed by atoms with E-state index >= 15 is 0 Å². The van der Waals surface area contributed by atoms with Gasteiger partial charge in [-0.1, -0.05) is 20.3 Å². The molecule has 0 spiro atoms. The molecule has 1 unspecified atom stereocenters. The normalized spacial score (nSPS) is 18.4. The van der Waals surface area contributed by atoms with Crippen molar-refractivity contribution in [1.29, 1.82) is 0 Å². The van der Waals surface area contributed by atoms with Crippen molar-refractivity contribution in [2.75, 3.05) is 98.7 Å². The third-order valence-corrected chi connectivity index (χ3v) is 9.95. The zero-order chi connectivity index (χ0) is 39.8. The van der Waals surface area contributed by atoms with Crippen LogP contribution in [0.2, 0.25) is 0 Å². The Bertz CT molecular complexity index is 1210. The molecule has 17 nitrogen and oxygen atoms in total. The molecule has 2 fully saturated rings. The van der Waals surface area contributed by atoms with Crippen LogP contribution in [-0.4, -0.2) is 191 Å². The van der Waals surface area contributed by atoms with Crippen LogP contribution in [0.1, 0.15) is 73.1 Å². The van der Waals surface area contributed by atoms with Crippen molar-refractivity contribution in [3.63, 3.8) is 0 Å². The summed E-state index contributed by atoms with van der Waals surface area (Å²) in [6.07, 6.45) is 3.18. The number of carbonyl (C=O) groups is 6. The van der Waals surface area contributed by atoms with Crippen LogP contribution in [0.3, 0.4) is 0 Å². The number of nitrogens with one attached hydrogen (secondary N) is 2. The molecule has 0 aromatic carbocycles. The number of hydrogen-bond acceptors (Lipinski definition) is 11. The van der Waals surface area contributed by atoms with Gasteiger partial charge in [-0.3, -0.25) is 48.4 Å². The van der Waals surface area contributed by atoms with Crippen LogP contribution in [-0.2, 0) is 33.5 Å². The van der Waals surface area contributed by atoms with Gasteiger partial charge < -0.3 is 35.6 Å². The minimum atomic E-state index is -1.06. The number of likely N-dealkylation sites (tertiary alicyclic amines) is 1. The topological polar surface area (TPSA) is 213 Å². The number of carboxylic acids is 3. The number of carbonyl (C=O) groups excluding carboxylic acids is 3. The van der Waals surface area contributed by atoms with E-state index in [-0.39, 0.29) is 76.0 Å². The monoisotopic (exact) mass is 755 g/mol. The second kappa shape index (κ2) is 22.1. The molecular formula is C36H65N7O10. The summed E-state index contributed by atoms with van der Waals surface area (Å²) in [6.45, 7) is 12.4. The van der Waals surface area contributed by atoms with Gasteiger partial charge in [0.15, 0.2) is 0 Å². The molecule has 2 aliphatic heterocycles. The average molecular weight is 756 g/mol. The molecule has 0 aromatic rings. The van der Waals surface area contributed by atoms with Gasteiger partial charge in [-0.05, 0) is 59.4 Å². The molecule has 3 amide bonds. The molecule has 2 aliphatic rings. The van der Waals surface area contributed by atoms with Crippen molar-refractivity contribution in [1.82, 2.24) is 35.1 Å². The first kappa shape index (κ1) is 45.8. The average Bonchev–Trinajstić information content (AvgIpc) is 3.47. The van der Waals surface area contributed by atoms with Crippen LogP contribution in [0.4, 0.5) is 0 Å². The Morgan fingerprint density at radius 3 is 1.98 bits per heavy atom. The van der Waals surface area contributed by atoms with E-state index in [4.69, 9.17) is 4.74 Å². The number of likely N-dealkylation sites (N-methyl/N-ethyl adjacent to an activating group) is 2. The highest BCUT2D eigenvalue weighted by molar-refractivity contribution is 5.81. The highest BCUT2D eigenvalue weighted by atomic mass is 16.5. The number of nitrogens with zero attached hydrogens (tertiary/aromatic N) is 5. The number of amides is 3. The minimum absolute atomic E-state index is 0.00432. The Labute approximate surface area is 314 Å². The largest absolute Gasteiger partial charge is 0.480 e. The maximum absolute atomic E-state index is 13.4. The Kier molecular flexibility index (Phi) is 19.1. The number of ether oxygens (including phenoxy) is 1. The summed E-state index contributed by atoms with van der Waals surface area (Å²) in [5.41, 5.74) is -1.42. The van der Waals surface area contributed by atoms with Crippen molar-refractivity contribution < 1.29 is 48.8 Å². The van der Waals surface area contributed by atoms with E-state index in [1.807, 2.05) is 25.7 Å². The summed E-state index contributed by atoms with van der Waals surface area (Å²) in [7, 11) is 1.66.